The minimum absolute atomic E-state index is 0.00625. The van der Waals surface area contributed by atoms with Crippen molar-refractivity contribution in [3.63, 3.8) is 0 Å². The molecule has 0 unspecified atom stereocenters. The molecule has 1 N–H and O–H groups in total. The van der Waals surface area contributed by atoms with Crippen molar-refractivity contribution in [2.75, 3.05) is 12.4 Å². The van der Waals surface area contributed by atoms with Crippen LogP contribution < -0.4 is 10.1 Å². The van der Waals surface area contributed by atoms with E-state index in [1.165, 1.54) is 6.33 Å². The van der Waals surface area contributed by atoms with Gasteiger partial charge in [-0.05, 0) is 6.42 Å². The Balaban J connectivity index is 2.45. The van der Waals surface area contributed by atoms with Gasteiger partial charge in [0.05, 0.1) is 12.7 Å². The Morgan fingerprint density at radius 2 is 2.31 bits per heavy atom. The highest BCUT2D eigenvalue weighted by Gasteiger charge is 2.19. The van der Waals surface area contributed by atoms with Crippen LogP contribution in [-0.4, -0.2) is 23.0 Å². The van der Waals surface area contributed by atoms with Crippen LogP contribution in [0, 0.1) is 0 Å². The average Bonchev–Trinajstić information content (AvgIpc) is 2.16. The second-order valence-corrected chi connectivity index (χ2v) is 2.76. The molecule has 0 bridgehead atoms. The van der Waals surface area contributed by atoms with Gasteiger partial charge in [0.2, 0.25) is 11.8 Å². The van der Waals surface area contributed by atoms with Crippen LogP contribution in [-0.2, 0) is 11.2 Å². The fourth-order valence-corrected chi connectivity index (χ4v) is 1.34. The number of aromatic nitrogens is 2. The molecule has 0 saturated carbocycles. The van der Waals surface area contributed by atoms with E-state index in [-0.39, 0.29) is 5.91 Å². The van der Waals surface area contributed by atoms with Crippen LogP contribution in [0.1, 0.15) is 12.0 Å². The van der Waals surface area contributed by atoms with Gasteiger partial charge in [-0.25, -0.2) is 9.97 Å². The number of hydrogen-bond donors (Lipinski definition) is 1. The second kappa shape index (κ2) is 3.01. The Morgan fingerprint density at radius 3 is 3.08 bits per heavy atom. The molecule has 2 rings (SSSR count). The number of nitrogens with zero attached hydrogens (tertiary/aromatic N) is 2. The van der Waals surface area contributed by atoms with Crippen LogP contribution in [0.3, 0.4) is 0 Å². The van der Waals surface area contributed by atoms with Gasteiger partial charge in [0.25, 0.3) is 0 Å². The van der Waals surface area contributed by atoms with Crippen LogP contribution in [0.2, 0.25) is 0 Å². The largest absolute Gasteiger partial charge is 0.481 e. The molecule has 0 aliphatic carbocycles. The van der Waals surface area contributed by atoms with Crippen LogP contribution in [0.4, 0.5) is 5.82 Å². The Hall–Kier alpha value is -1.65. The van der Waals surface area contributed by atoms with E-state index >= 15 is 0 Å². The third-order valence-corrected chi connectivity index (χ3v) is 1.96. The van der Waals surface area contributed by atoms with Crippen LogP contribution >= 0.6 is 0 Å². The van der Waals surface area contributed by atoms with Gasteiger partial charge < -0.3 is 10.1 Å². The molecule has 1 aliphatic rings. The highest BCUT2D eigenvalue weighted by atomic mass is 16.5. The van der Waals surface area contributed by atoms with Gasteiger partial charge in [0, 0.05) is 6.42 Å². The number of carbonyl (C=O) groups excluding carboxylic acids is 1. The number of anilines is 1. The number of carbonyl (C=O) groups is 1. The van der Waals surface area contributed by atoms with E-state index in [1.807, 2.05) is 0 Å². The molecule has 68 valence electrons. The molecule has 0 radical (unpaired) electrons. The maximum absolute atomic E-state index is 11.0. The lowest BCUT2D eigenvalue weighted by molar-refractivity contribution is -0.116. The fourth-order valence-electron chi connectivity index (χ4n) is 1.34. The molecule has 0 atom stereocenters. The molecule has 0 spiro atoms. The van der Waals surface area contributed by atoms with Gasteiger partial charge in [0.15, 0.2) is 0 Å². The van der Waals surface area contributed by atoms with Crippen molar-refractivity contribution in [2.24, 2.45) is 0 Å². The van der Waals surface area contributed by atoms with Gasteiger partial charge in [-0.2, -0.15) is 0 Å². The summed E-state index contributed by atoms with van der Waals surface area (Å²) in [5.74, 6) is 1.11. The Morgan fingerprint density at radius 1 is 1.46 bits per heavy atom. The van der Waals surface area contributed by atoms with E-state index < -0.39 is 0 Å². The lowest BCUT2D eigenvalue weighted by atomic mass is 10.1. The summed E-state index contributed by atoms with van der Waals surface area (Å²) in [5, 5.41) is 2.66. The topological polar surface area (TPSA) is 64.1 Å². The second-order valence-electron chi connectivity index (χ2n) is 2.76. The SMILES string of the molecule is COc1ncnc2c1CCC(=O)N2. The average molecular weight is 179 g/mol. The molecule has 2 heterocycles. The summed E-state index contributed by atoms with van der Waals surface area (Å²) in [6, 6.07) is 0. The minimum Gasteiger partial charge on any atom is -0.481 e. The molecule has 5 nitrogen and oxygen atoms in total. The summed E-state index contributed by atoms with van der Waals surface area (Å²) in [5.41, 5.74) is 0.879. The van der Waals surface area contributed by atoms with Crippen molar-refractivity contribution in [3.05, 3.63) is 11.9 Å². The van der Waals surface area contributed by atoms with Crippen LogP contribution in [0.5, 0.6) is 5.88 Å². The van der Waals surface area contributed by atoms with Crippen molar-refractivity contribution in [1.29, 1.82) is 0 Å². The fraction of sp³-hybridized carbons (Fsp3) is 0.375. The summed E-state index contributed by atoms with van der Waals surface area (Å²) in [6.45, 7) is 0. The smallest absolute Gasteiger partial charge is 0.225 e. The maximum atomic E-state index is 11.0. The standard InChI is InChI=1S/C8H9N3O2/c1-13-8-5-2-3-6(12)11-7(5)9-4-10-8/h4H,2-3H2,1H3,(H,9,10,11,12). The van der Waals surface area contributed by atoms with Gasteiger partial charge in [-0.3, -0.25) is 4.79 Å². The van der Waals surface area contributed by atoms with Crippen molar-refractivity contribution >= 4 is 11.7 Å². The van der Waals surface area contributed by atoms with E-state index in [0.717, 1.165) is 5.56 Å². The lowest BCUT2D eigenvalue weighted by Gasteiger charge is -2.16. The van der Waals surface area contributed by atoms with Crippen LogP contribution in [0.15, 0.2) is 6.33 Å². The Kier molecular flexibility index (Phi) is 1.84. The molecular weight excluding hydrogens is 170 g/mol. The summed E-state index contributed by atoms with van der Waals surface area (Å²) in [6.07, 6.45) is 2.49. The Labute approximate surface area is 75.1 Å². The van der Waals surface area contributed by atoms with E-state index in [0.29, 0.717) is 24.5 Å². The first-order valence-electron chi connectivity index (χ1n) is 3.99. The molecule has 13 heavy (non-hydrogen) atoms. The number of hydrogen-bond acceptors (Lipinski definition) is 4. The van der Waals surface area contributed by atoms with Crippen molar-refractivity contribution in [3.8, 4) is 5.88 Å². The predicted molar refractivity (Wildman–Crippen MR) is 45.5 cm³/mol. The quantitative estimate of drug-likeness (QED) is 0.676. The molecule has 1 aliphatic heterocycles. The molecule has 1 aromatic heterocycles. The van der Waals surface area contributed by atoms with E-state index in [9.17, 15) is 4.79 Å². The van der Waals surface area contributed by atoms with E-state index in [1.54, 1.807) is 7.11 Å². The molecule has 1 amide bonds. The number of amides is 1. The highest BCUT2D eigenvalue weighted by Crippen LogP contribution is 2.26. The molecule has 5 heteroatoms. The van der Waals surface area contributed by atoms with Crippen LogP contribution in [0.25, 0.3) is 0 Å². The first-order valence-corrected chi connectivity index (χ1v) is 3.99. The first-order chi connectivity index (χ1) is 6.31. The third-order valence-electron chi connectivity index (χ3n) is 1.96. The highest BCUT2D eigenvalue weighted by molar-refractivity contribution is 5.93. The summed E-state index contributed by atoms with van der Waals surface area (Å²) < 4.78 is 5.05. The number of nitrogens with one attached hydrogen (secondary N) is 1. The molecule has 0 fully saturated rings. The van der Waals surface area contributed by atoms with Crippen molar-refractivity contribution in [1.82, 2.24) is 9.97 Å². The lowest BCUT2D eigenvalue weighted by Crippen LogP contribution is -2.21. The summed E-state index contributed by atoms with van der Waals surface area (Å²) in [4.78, 5) is 18.9. The van der Waals surface area contributed by atoms with E-state index in [2.05, 4.69) is 15.3 Å². The van der Waals surface area contributed by atoms with Gasteiger partial charge in [-0.1, -0.05) is 0 Å². The maximum Gasteiger partial charge on any atom is 0.225 e. The zero-order valence-corrected chi connectivity index (χ0v) is 7.20. The number of fused-ring (bicyclic) bond motifs is 1. The van der Waals surface area contributed by atoms with Gasteiger partial charge in [-0.15, -0.1) is 0 Å². The summed E-state index contributed by atoms with van der Waals surface area (Å²) in [7, 11) is 1.55. The number of methoxy groups -OCH3 is 1. The Bertz CT molecular complexity index is 351. The van der Waals surface area contributed by atoms with E-state index in [4.69, 9.17) is 4.74 Å². The monoisotopic (exact) mass is 179 g/mol. The zero-order chi connectivity index (χ0) is 9.26. The van der Waals surface area contributed by atoms with Gasteiger partial charge in [0.1, 0.15) is 12.1 Å². The van der Waals surface area contributed by atoms with Crippen molar-refractivity contribution in [2.45, 2.75) is 12.8 Å². The van der Waals surface area contributed by atoms with Gasteiger partial charge >= 0.3 is 0 Å². The summed E-state index contributed by atoms with van der Waals surface area (Å²) >= 11 is 0. The molecule has 1 aromatic rings. The third kappa shape index (κ3) is 1.32. The zero-order valence-electron chi connectivity index (χ0n) is 7.20. The minimum atomic E-state index is -0.00625. The van der Waals surface area contributed by atoms with Crippen molar-refractivity contribution < 1.29 is 9.53 Å². The molecular formula is C8H9N3O2. The molecule has 0 saturated heterocycles. The number of rotatable bonds is 1. The number of ether oxygens (including phenoxy) is 1. The molecule has 0 aromatic carbocycles. The first kappa shape index (κ1) is 7.97. The predicted octanol–water partition coefficient (Wildman–Crippen LogP) is 0.370. The normalized spacial score (nSPS) is 14.7.